The molecule has 0 aliphatic heterocycles. The number of pyridine rings is 1. The van der Waals surface area contributed by atoms with Crippen LogP contribution in [-0.2, 0) is 13.0 Å². The molecule has 3 rings (SSSR count). The van der Waals surface area contributed by atoms with Gasteiger partial charge in [0.15, 0.2) is 5.65 Å². The SMILES string of the molecule is NCc1ccn2c(Cc3ccccc3O)nnc2c1. The predicted molar refractivity (Wildman–Crippen MR) is 71.8 cm³/mol. The third-order valence-corrected chi connectivity index (χ3v) is 3.12. The fourth-order valence-corrected chi connectivity index (χ4v) is 2.06. The molecule has 5 nitrogen and oxygen atoms in total. The standard InChI is InChI=1S/C14H14N4O/c15-9-10-5-6-18-13(7-10)16-17-14(18)8-11-3-1-2-4-12(11)19/h1-7,19H,8-9,15H2. The van der Waals surface area contributed by atoms with E-state index in [-0.39, 0.29) is 5.75 Å². The van der Waals surface area contributed by atoms with Crippen LogP contribution in [0.25, 0.3) is 5.65 Å². The summed E-state index contributed by atoms with van der Waals surface area (Å²) in [6, 6.07) is 11.1. The largest absolute Gasteiger partial charge is 0.508 e. The number of hydrogen-bond acceptors (Lipinski definition) is 4. The first-order valence-electron chi connectivity index (χ1n) is 6.07. The van der Waals surface area contributed by atoms with Crippen molar-refractivity contribution in [2.24, 2.45) is 5.73 Å². The van der Waals surface area contributed by atoms with Crippen LogP contribution in [0, 0.1) is 0 Å². The summed E-state index contributed by atoms with van der Waals surface area (Å²) in [6.45, 7) is 0.484. The van der Waals surface area contributed by atoms with Gasteiger partial charge in [-0.2, -0.15) is 0 Å². The second kappa shape index (κ2) is 4.70. The van der Waals surface area contributed by atoms with E-state index in [2.05, 4.69) is 10.2 Å². The van der Waals surface area contributed by atoms with Crippen LogP contribution >= 0.6 is 0 Å². The van der Waals surface area contributed by atoms with Crippen LogP contribution in [-0.4, -0.2) is 19.7 Å². The minimum Gasteiger partial charge on any atom is -0.508 e. The van der Waals surface area contributed by atoms with Gasteiger partial charge in [0, 0.05) is 24.7 Å². The monoisotopic (exact) mass is 254 g/mol. The molecule has 1 aromatic carbocycles. The van der Waals surface area contributed by atoms with Crippen molar-refractivity contribution in [3.63, 3.8) is 0 Å². The minimum absolute atomic E-state index is 0.276. The Labute approximate surface area is 110 Å². The summed E-state index contributed by atoms with van der Waals surface area (Å²) >= 11 is 0. The van der Waals surface area contributed by atoms with Crippen LogP contribution in [0.15, 0.2) is 42.6 Å². The zero-order chi connectivity index (χ0) is 13.2. The van der Waals surface area contributed by atoms with Crippen molar-refractivity contribution >= 4 is 5.65 Å². The van der Waals surface area contributed by atoms with Crippen LogP contribution in [0.5, 0.6) is 5.75 Å². The van der Waals surface area contributed by atoms with Gasteiger partial charge in [0.05, 0.1) is 0 Å². The Bertz CT molecular complexity index is 720. The molecule has 0 unspecified atom stereocenters. The molecule has 0 radical (unpaired) electrons. The van der Waals surface area contributed by atoms with Crippen molar-refractivity contribution in [3.8, 4) is 5.75 Å². The first-order chi connectivity index (χ1) is 9.28. The minimum atomic E-state index is 0.276. The number of benzene rings is 1. The molecule has 0 aliphatic carbocycles. The van der Waals surface area contributed by atoms with Crippen LogP contribution in [0.1, 0.15) is 17.0 Å². The zero-order valence-electron chi connectivity index (χ0n) is 10.3. The Morgan fingerprint density at radius 2 is 2.00 bits per heavy atom. The summed E-state index contributed by atoms with van der Waals surface area (Å²) in [4.78, 5) is 0. The average Bonchev–Trinajstić information content (AvgIpc) is 2.83. The Morgan fingerprint density at radius 3 is 2.79 bits per heavy atom. The van der Waals surface area contributed by atoms with Gasteiger partial charge in [-0.15, -0.1) is 10.2 Å². The zero-order valence-corrected chi connectivity index (χ0v) is 10.3. The number of aromatic hydroxyl groups is 1. The molecule has 2 heterocycles. The van der Waals surface area contributed by atoms with Crippen LogP contribution < -0.4 is 5.73 Å². The third-order valence-electron chi connectivity index (χ3n) is 3.12. The average molecular weight is 254 g/mol. The Balaban J connectivity index is 2.00. The summed E-state index contributed by atoms with van der Waals surface area (Å²) in [5, 5.41) is 18.1. The van der Waals surface area contributed by atoms with E-state index >= 15 is 0 Å². The lowest BCUT2D eigenvalue weighted by molar-refractivity contribution is 0.469. The fraction of sp³-hybridized carbons (Fsp3) is 0.143. The van der Waals surface area contributed by atoms with E-state index in [0.29, 0.717) is 13.0 Å². The van der Waals surface area contributed by atoms with Gasteiger partial charge in [0.25, 0.3) is 0 Å². The molecule has 5 heteroatoms. The molecule has 2 aromatic heterocycles. The second-order valence-electron chi connectivity index (χ2n) is 4.39. The molecule has 3 N–H and O–H groups in total. The maximum atomic E-state index is 9.79. The number of nitrogens with zero attached hydrogens (tertiary/aromatic N) is 3. The van der Waals surface area contributed by atoms with Gasteiger partial charge < -0.3 is 10.8 Å². The fourth-order valence-electron chi connectivity index (χ4n) is 2.06. The van der Waals surface area contributed by atoms with E-state index in [1.54, 1.807) is 12.1 Å². The summed E-state index contributed by atoms with van der Waals surface area (Å²) in [7, 11) is 0. The summed E-state index contributed by atoms with van der Waals surface area (Å²) in [5.74, 6) is 1.07. The first kappa shape index (κ1) is 11.7. The molecule has 0 aliphatic rings. The normalized spacial score (nSPS) is 11.0. The predicted octanol–water partition coefficient (Wildman–Crippen LogP) is 1.48. The number of phenolic OH excluding ortho intramolecular Hbond substituents is 1. The molecular formula is C14H14N4O. The molecule has 0 spiro atoms. The Hall–Kier alpha value is -2.40. The number of para-hydroxylation sites is 1. The van der Waals surface area contributed by atoms with Crippen molar-refractivity contribution in [1.29, 1.82) is 0 Å². The Morgan fingerprint density at radius 1 is 1.16 bits per heavy atom. The molecule has 0 saturated heterocycles. The smallest absolute Gasteiger partial charge is 0.161 e. The second-order valence-corrected chi connectivity index (χ2v) is 4.39. The highest BCUT2D eigenvalue weighted by atomic mass is 16.3. The van der Waals surface area contributed by atoms with E-state index in [1.807, 2.05) is 34.9 Å². The van der Waals surface area contributed by atoms with Gasteiger partial charge in [-0.25, -0.2) is 0 Å². The molecule has 0 fully saturated rings. The van der Waals surface area contributed by atoms with Crippen molar-refractivity contribution in [2.75, 3.05) is 0 Å². The molecular weight excluding hydrogens is 240 g/mol. The van der Waals surface area contributed by atoms with Gasteiger partial charge in [0.1, 0.15) is 11.6 Å². The number of fused-ring (bicyclic) bond motifs is 1. The van der Waals surface area contributed by atoms with Crippen molar-refractivity contribution in [2.45, 2.75) is 13.0 Å². The summed E-state index contributed by atoms with van der Waals surface area (Å²) in [6.07, 6.45) is 2.45. The number of nitrogens with two attached hydrogens (primary N) is 1. The van der Waals surface area contributed by atoms with Crippen LogP contribution in [0.3, 0.4) is 0 Å². The van der Waals surface area contributed by atoms with E-state index in [9.17, 15) is 5.11 Å². The number of hydrogen-bond donors (Lipinski definition) is 2. The maximum Gasteiger partial charge on any atom is 0.161 e. The lowest BCUT2D eigenvalue weighted by atomic mass is 10.1. The number of aromatic nitrogens is 3. The number of phenols is 1. The van der Waals surface area contributed by atoms with Gasteiger partial charge in [-0.1, -0.05) is 18.2 Å². The van der Waals surface area contributed by atoms with E-state index in [0.717, 1.165) is 22.6 Å². The summed E-state index contributed by atoms with van der Waals surface area (Å²) in [5.41, 5.74) is 8.23. The van der Waals surface area contributed by atoms with E-state index in [1.165, 1.54) is 0 Å². The van der Waals surface area contributed by atoms with E-state index < -0.39 is 0 Å². The Kier molecular flexibility index (Phi) is 2.89. The lowest BCUT2D eigenvalue weighted by Crippen LogP contribution is -1.99. The lowest BCUT2D eigenvalue weighted by Gasteiger charge is -2.03. The maximum absolute atomic E-state index is 9.79. The van der Waals surface area contributed by atoms with Gasteiger partial charge >= 0.3 is 0 Å². The molecule has 0 saturated carbocycles. The van der Waals surface area contributed by atoms with Gasteiger partial charge in [0.2, 0.25) is 0 Å². The molecule has 19 heavy (non-hydrogen) atoms. The molecule has 0 bridgehead atoms. The topological polar surface area (TPSA) is 76.4 Å². The highest BCUT2D eigenvalue weighted by molar-refractivity contribution is 5.42. The molecule has 0 atom stereocenters. The van der Waals surface area contributed by atoms with Crippen molar-refractivity contribution in [3.05, 3.63) is 59.5 Å². The van der Waals surface area contributed by atoms with Gasteiger partial charge in [-0.05, 0) is 23.8 Å². The highest BCUT2D eigenvalue weighted by Gasteiger charge is 2.09. The van der Waals surface area contributed by atoms with Crippen molar-refractivity contribution < 1.29 is 5.11 Å². The molecule has 3 aromatic rings. The molecule has 96 valence electrons. The highest BCUT2D eigenvalue weighted by Crippen LogP contribution is 2.19. The van der Waals surface area contributed by atoms with Crippen molar-refractivity contribution in [1.82, 2.24) is 14.6 Å². The van der Waals surface area contributed by atoms with E-state index in [4.69, 9.17) is 5.73 Å². The van der Waals surface area contributed by atoms with Crippen LogP contribution in [0.4, 0.5) is 0 Å². The third kappa shape index (κ3) is 2.15. The number of rotatable bonds is 3. The first-order valence-corrected chi connectivity index (χ1v) is 6.07. The van der Waals surface area contributed by atoms with Gasteiger partial charge in [-0.3, -0.25) is 4.40 Å². The molecule has 0 amide bonds. The van der Waals surface area contributed by atoms with Crippen LogP contribution in [0.2, 0.25) is 0 Å². The summed E-state index contributed by atoms with van der Waals surface area (Å²) < 4.78 is 1.91. The quantitative estimate of drug-likeness (QED) is 0.742.